The Balaban J connectivity index is 2.61. The predicted molar refractivity (Wildman–Crippen MR) is 65.7 cm³/mol. The lowest BCUT2D eigenvalue weighted by Crippen LogP contribution is -2.27. The molecule has 0 heterocycles. The number of hydrogen-bond acceptors (Lipinski definition) is 2. The standard InChI is InChI=1S/C13H20N2O/c1-9(2)13(16)15-8-11-5-4-6-12(7-11)10(3)14/h4-7,9-10H,8,14H2,1-3H3,(H,15,16). The molecule has 1 amide bonds. The van der Waals surface area contributed by atoms with E-state index in [4.69, 9.17) is 5.73 Å². The van der Waals surface area contributed by atoms with E-state index in [-0.39, 0.29) is 17.9 Å². The molecule has 0 saturated carbocycles. The van der Waals surface area contributed by atoms with Crippen LogP contribution in [0.2, 0.25) is 0 Å². The van der Waals surface area contributed by atoms with E-state index in [1.807, 2.05) is 45.0 Å². The Hall–Kier alpha value is -1.35. The summed E-state index contributed by atoms with van der Waals surface area (Å²) in [7, 11) is 0. The Labute approximate surface area is 97.0 Å². The van der Waals surface area contributed by atoms with Gasteiger partial charge in [0, 0.05) is 18.5 Å². The van der Waals surface area contributed by atoms with Crippen LogP contribution in [-0.4, -0.2) is 5.91 Å². The minimum absolute atomic E-state index is 0.0246. The van der Waals surface area contributed by atoms with E-state index >= 15 is 0 Å². The van der Waals surface area contributed by atoms with Gasteiger partial charge in [0.25, 0.3) is 0 Å². The maximum atomic E-state index is 11.4. The second-order valence-electron chi connectivity index (χ2n) is 4.41. The van der Waals surface area contributed by atoms with Crippen LogP contribution in [0.25, 0.3) is 0 Å². The number of benzene rings is 1. The van der Waals surface area contributed by atoms with Crippen LogP contribution in [0.3, 0.4) is 0 Å². The fourth-order valence-electron chi connectivity index (χ4n) is 1.38. The molecule has 1 atom stereocenters. The van der Waals surface area contributed by atoms with Gasteiger partial charge >= 0.3 is 0 Å². The van der Waals surface area contributed by atoms with E-state index in [1.165, 1.54) is 0 Å². The summed E-state index contributed by atoms with van der Waals surface area (Å²) in [5, 5.41) is 2.88. The molecule has 0 aliphatic rings. The number of carbonyl (C=O) groups is 1. The molecule has 0 saturated heterocycles. The molecular weight excluding hydrogens is 200 g/mol. The van der Waals surface area contributed by atoms with Crippen LogP contribution >= 0.6 is 0 Å². The van der Waals surface area contributed by atoms with Crippen LogP contribution in [-0.2, 0) is 11.3 Å². The SMILES string of the molecule is CC(C)C(=O)NCc1cccc(C(C)N)c1. The number of nitrogens with two attached hydrogens (primary N) is 1. The molecule has 1 unspecified atom stereocenters. The summed E-state index contributed by atoms with van der Waals surface area (Å²) in [6.07, 6.45) is 0. The summed E-state index contributed by atoms with van der Waals surface area (Å²) in [6, 6.07) is 8.02. The second-order valence-corrected chi connectivity index (χ2v) is 4.41. The van der Waals surface area contributed by atoms with E-state index in [0.717, 1.165) is 11.1 Å². The van der Waals surface area contributed by atoms with Crippen LogP contribution in [0.1, 0.15) is 37.9 Å². The lowest BCUT2D eigenvalue weighted by molar-refractivity contribution is -0.124. The van der Waals surface area contributed by atoms with Crippen molar-refractivity contribution in [3.63, 3.8) is 0 Å². The molecule has 0 fully saturated rings. The van der Waals surface area contributed by atoms with Crippen molar-refractivity contribution in [1.82, 2.24) is 5.32 Å². The molecule has 0 bridgehead atoms. The van der Waals surface area contributed by atoms with Crippen molar-refractivity contribution < 1.29 is 4.79 Å². The molecular formula is C13H20N2O. The Morgan fingerprint density at radius 3 is 2.62 bits per heavy atom. The van der Waals surface area contributed by atoms with E-state index in [1.54, 1.807) is 0 Å². The summed E-state index contributed by atoms with van der Waals surface area (Å²) >= 11 is 0. The van der Waals surface area contributed by atoms with Gasteiger partial charge in [-0.15, -0.1) is 0 Å². The summed E-state index contributed by atoms with van der Waals surface area (Å²) < 4.78 is 0. The monoisotopic (exact) mass is 220 g/mol. The first kappa shape index (κ1) is 12.7. The third kappa shape index (κ3) is 3.66. The van der Waals surface area contributed by atoms with Crippen LogP contribution in [0.15, 0.2) is 24.3 Å². The van der Waals surface area contributed by atoms with E-state index in [0.29, 0.717) is 6.54 Å². The van der Waals surface area contributed by atoms with E-state index < -0.39 is 0 Å². The average Bonchev–Trinajstić information content (AvgIpc) is 2.26. The molecule has 3 N–H and O–H groups in total. The van der Waals surface area contributed by atoms with Gasteiger partial charge in [0.05, 0.1) is 0 Å². The molecule has 0 radical (unpaired) electrons. The highest BCUT2D eigenvalue weighted by Crippen LogP contribution is 2.11. The number of rotatable bonds is 4. The van der Waals surface area contributed by atoms with Crippen LogP contribution in [0, 0.1) is 5.92 Å². The van der Waals surface area contributed by atoms with Gasteiger partial charge < -0.3 is 11.1 Å². The average molecular weight is 220 g/mol. The highest BCUT2D eigenvalue weighted by Gasteiger charge is 2.06. The zero-order chi connectivity index (χ0) is 12.1. The minimum Gasteiger partial charge on any atom is -0.352 e. The lowest BCUT2D eigenvalue weighted by atomic mass is 10.1. The first-order valence-electron chi connectivity index (χ1n) is 5.63. The van der Waals surface area contributed by atoms with Crippen molar-refractivity contribution in [3.8, 4) is 0 Å². The Bertz CT molecular complexity index is 359. The van der Waals surface area contributed by atoms with Crippen molar-refractivity contribution in [2.75, 3.05) is 0 Å². The molecule has 1 rings (SSSR count). The van der Waals surface area contributed by atoms with E-state index in [9.17, 15) is 4.79 Å². The third-order valence-corrected chi connectivity index (χ3v) is 2.47. The maximum Gasteiger partial charge on any atom is 0.222 e. The number of carbonyl (C=O) groups excluding carboxylic acids is 1. The Morgan fingerprint density at radius 2 is 2.06 bits per heavy atom. The second kappa shape index (κ2) is 5.66. The van der Waals surface area contributed by atoms with Gasteiger partial charge in [-0.2, -0.15) is 0 Å². The van der Waals surface area contributed by atoms with Gasteiger partial charge in [0.15, 0.2) is 0 Å². The van der Waals surface area contributed by atoms with Gasteiger partial charge in [-0.3, -0.25) is 4.79 Å². The Kier molecular flexibility index (Phi) is 4.50. The van der Waals surface area contributed by atoms with Gasteiger partial charge in [-0.1, -0.05) is 38.1 Å². The lowest BCUT2D eigenvalue weighted by Gasteiger charge is -2.10. The van der Waals surface area contributed by atoms with Crippen LogP contribution in [0.4, 0.5) is 0 Å². The first-order valence-corrected chi connectivity index (χ1v) is 5.63. The fourth-order valence-corrected chi connectivity index (χ4v) is 1.38. The molecule has 88 valence electrons. The highest BCUT2D eigenvalue weighted by molar-refractivity contribution is 5.77. The number of amides is 1. The van der Waals surface area contributed by atoms with Crippen molar-refractivity contribution in [2.24, 2.45) is 11.7 Å². The summed E-state index contributed by atoms with van der Waals surface area (Å²) in [5.41, 5.74) is 7.98. The molecule has 16 heavy (non-hydrogen) atoms. The topological polar surface area (TPSA) is 55.1 Å². The molecule has 0 spiro atoms. The third-order valence-electron chi connectivity index (χ3n) is 2.47. The molecule has 1 aromatic rings. The Morgan fingerprint density at radius 1 is 1.38 bits per heavy atom. The summed E-state index contributed by atoms with van der Waals surface area (Å²) in [6.45, 7) is 6.28. The summed E-state index contributed by atoms with van der Waals surface area (Å²) in [4.78, 5) is 11.4. The minimum atomic E-state index is 0.0246. The van der Waals surface area contributed by atoms with Crippen LogP contribution in [0.5, 0.6) is 0 Å². The molecule has 0 aliphatic carbocycles. The van der Waals surface area contributed by atoms with Crippen molar-refractivity contribution in [1.29, 1.82) is 0 Å². The predicted octanol–water partition coefficient (Wildman–Crippen LogP) is 1.98. The molecule has 1 aromatic carbocycles. The quantitative estimate of drug-likeness (QED) is 0.815. The van der Waals surface area contributed by atoms with Crippen LogP contribution < -0.4 is 11.1 Å². The van der Waals surface area contributed by atoms with Gasteiger partial charge in [-0.05, 0) is 18.1 Å². The van der Waals surface area contributed by atoms with Crippen molar-refractivity contribution in [2.45, 2.75) is 33.4 Å². The smallest absolute Gasteiger partial charge is 0.222 e. The summed E-state index contributed by atoms with van der Waals surface area (Å²) in [5.74, 6) is 0.0998. The zero-order valence-corrected chi connectivity index (χ0v) is 10.2. The number of hydrogen-bond donors (Lipinski definition) is 2. The van der Waals surface area contributed by atoms with Gasteiger partial charge in [-0.25, -0.2) is 0 Å². The largest absolute Gasteiger partial charge is 0.352 e. The maximum absolute atomic E-state index is 11.4. The number of nitrogens with one attached hydrogen (secondary N) is 1. The van der Waals surface area contributed by atoms with Crippen molar-refractivity contribution >= 4 is 5.91 Å². The molecule has 3 nitrogen and oxygen atoms in total. The highest BCUT2D eigenvalue weighted by atomic mass is 16.1. The fraction of sp³-hybridized carbons (Fsp3) is 0.462. The van der Waals surface area contributed by atoms with Gasteiger partial charge in [0.2, 0.25) is 5.91 Å². The zero-order valence-electron chi connectivity index (χ0n) is 10.2. The molecule has 0 aromatic heterocycles. The first-order chi connectivity index (χ1) is 7.50. The molecule has 3 heteroatoms. The van der Waals surface area contributed by atoms with Gasteiger partial charge in [0.1, 0.15) is 0 Å². The normalized spacial score (nSPS) is 12.6. The van der Waals surface area contributed by atoms with Crippen molar-refractivity contribution in [3.05, 3.63) is 35.4 Å². The van der Waals surface area contributed by atoms with E-state index in [2.05, 4.69) is 5.32 Å². The molecule has 0 aliphatic heterocycles.